The molecule has 1 aromatic carbocycles. The Labute approximate surface area is 155 Å². The van der Waals surface area contributed by atoms with Crippen LogP contribution < -0.4 is 16.4 Å². The van der Waals surface area contributed by atoms with E-state index in [1.807, 2.05) is 24.3 Å². The summed E-state index contributed by atoms with van der Waals surface area (Å²) >= 11 is 0. The maximum atomic E-state index is 5.86. The van der Waals surface area contributed by atoms with Crippen LogP contribution in [0.25, 0.3) is 0 Å². The Kier molecular flexibility index (Phi) is 5.37. The normalized spacial score (nSPS) is 18.0. The van der Waals surface area contributed by atoms with Crippen LogP contribution in [0.3, 0.4) is 0 Å². The van der Waals surface area contributed by atoms with E-state index in [0.29, 0.717) is 5.92 Å². The molecule has 4 N–H and O–H groups in total. The highest BCUT2D eigenvalue weighted by Gasteiger charge is 2.28. The Morgan fingerprint density at radius 3 is 2.69 bits per heavy atom. The van der Waals surface area contributed by atoms with E-state index in [-0.39, 0.29) is 0 Å². The molecule has 0 atom stereocenters. The molecule has 1 aromatic heterocycles. The summed E-state index contributed by atoms with van der Waals surface area (Å²) in [5, 5.41) is 7.02. The number of anilines is 3. The number of benzene rings is 1. The van der Waals surface area contributed by atoms with Gasteiger partial charge in [0.25, 0.3) is 0 Å². The third kappa shape index (κ3) is 4.54. The van der Waals surface area contributed by atoms with E-state index in [9.17, 15) is 0 Å². The van der Waals surface area contributed by atoms with Crippen LogP contribution in [-0.2, 0) is 11.3 Å². The first-order chi connectivity index (χ1) is 12.8. The van der Waals surface area contributed by atoms with Gasteiger partial charge in [-0.1, -0.05) is 12.1 Å². The van der Waals surface area contributed by atoms with Gasteiger partial charge in [-0.3, -0.25) is 0 Å². The van der Waals surface area contributed by atoms with Gasteiger partial charge in [0.1, 0.15) is 5.82 Å². The number of ether oxygens (including phenoxy) is 1. The van der Waals surface area contributed by atoms with Gasteiger partial charge in [0.15, 0.2) is 0 Å². The quantitative estimate of drug-likeness (QED) is 0.661. The predicted octanol–water partition coefficient (Wildman–Crippen LogP) is 3.80. The minimum absolute atomic E-state index is 0.623. The highest BCUT2D eigenvalue weighted by molar-refractivity contribution is 5.61. The van der Waals surface area contributed by atoms with Crippen molar-refractivity contribution in [2.45, 2.75) is 38.1 Å². The van der Waals surface area contributed by atoms with Gasteiger partial charge in [-0.05, 0) is 68.0 Å². The van der Waals surface area contributed by atoms with Gasteiger partial charge in [-0.2, -0.15) is 0 Å². The molecule has 0 bridgehead atoms. The van der Waals surface area contributed by atoms with Crippen molar-refractivity contribution >= 4 is 17.2 Å². The summed E-state index contributed by atoms with van der Waals surface area (Å²) in [5.74, 6) is 2.26. The number of hydrogen-bond donors (Lipinski definition) is 3. The zero-order chi connectivity index (χ0) is 17.8. The van der Waals surface area contributed by atoms with Crippen LogP contribution in [0.4, 0.5) is 17.2 Å². The van der Waals surface area contributed by atoms with E-state index in [4.69, 9.17) is 15.5 Å². The van der Waals surface area contributed by atoms with E-state index >= 15 is 0 Å². The zero-order valence-corrected chi connectivity index (χ0v) is 15.2. The lowest BCUT2D eigenvalue weighted by molar-refractivity contribution is 0.0662. The van der Waals surface area contributed by atoms with Crippen molar-refractivity contribution in [1.29, 1.82) is 0 Å². The Bertz CT molecular complexity index is 739. The first-order valence-electron chi connectivity index (χ1n) is 9.69. The maximum Gasteiger partial charge on any atom is 0.130 e. The number of nitrogens with one attached hydrogen (secondary N) is 2. The van der Waals surface area contributed by atoms with Gasteiger partial charge in [0.05, 0.1) is 5.69 Å². The van der Waals surface area contributed by atoms with Gasteiger partial charge in [-0.15, -0.1) is 0 Å². The highest BCUT2D eigenvalue weighted by Crippen LogP contribution is 2.41. The topological polar surface area (TPSA) is 72.2 Å². The summed E-state index contributed by atoms with van der Waals surface area (Å²) in [6.07, 6.45) is 4.84. The fourth-order valence-electron chi connectivity index (χ4n) is 3.56. The molecule has 0 amide bonds. The summed E-state index contributed by atoms with van der Waals surface area (Å²) in [5.41, 5.74) is 10.2. The number of nitrogens with two attached hydrogens (primary N) is 1. The van der Waals surface area contributed by atoms with Crippen LogP contribution in [0.5, 0.6) is 0 Å². The average Bonchev–Trinajstić information content (AvgIpc) is 3.49. The van der Waals surface area contributed by atoms with E-state index in [1.54, 1.807) is 0 Å². The molecule has 2 aromatic rings. The van der Waals surface area contributed by atoms with Gasteiger partial charge in [0.2, 0.25) is 0 Å². The fourth-order valence-corrected chi connectivity index (χ4v) is 3.56. The monoisotopic (exact) mass is 352 g/mol. The molecule has 2 heterocycles. The van der Waals surface area contributed by atoms with E-state index in [0.717, 1.165) is 49.4 Å². The standard InChI is InChI=1S/C21H28N4O/c22-18-2-1-3-19(12-18)24-20-7-6-17(21(25-20)16-4-5-16)14-23-13-15-8-10-26-11-9-15/h1-3,6-7,12,15-16,23H,4-5,8-11,13-14,22H2,(H,24,25). The first kappa shape index (κ1) is 17.3. The molecule has 1 saturated heterocycles. The molecule has 0 radical (unpaired) electrons. The minimum Gasteiger partial charge on any atom is -0.399 e. The maximum absolute atomic E-state index is 5.86. The lowest BCUT2D eigenvalue weighted by atomic mass is 10.0. The van der Waals surface area contributed by atoms with Crippen LogP contribution in [0.1, 0.15) is 42.9 Å². The third-order valence-electron chi connectivity index (χ3n) is 5.22. The summed E-state index contributed by atoms with van der Waals surface area (Å²) in [6.45, 7) is 3.78. The van der Waals surface area contributed by atoms with E-state index in [2.05, 4.69) is 22.8 Å². The largest absolute Gasteiger partial charge is 0.399 e. The second kappa shape index (κ2) is 8.06. The molecular weight excluding hydrogens is 324 g/mol. The number of hydrogen-bond acceptors (Lipinski definition) is 5. The van der Waals surface area contributed by atoms with Crippen molar-refractivity contribution in [2.24, 2.45) is 5.92 Å². The molecule has 1 aliphatic carbocycles. The zero-order valence-electron chi connectivity index (χ0n) is 15.2. The Hall–Kier alpha value is -2.11. The molecular formula is C21H28N4O. The van der Waals surface area contributed by atoms with Crippen molar-refractivity contribution in [2.75, 3.05) is 30.8 Å². The average molecular weight is 352 g/mol. The first-order valence-corrected chi connectivity index (χ1v) is 9.69. The van der Waals surface area contributed by atoms with Gasteiger partial charge in [-0.25, -0.2) is 4.98 Å². The van der Waals surface area contributed by atoms with Crippen LogP contribution in [-0.4, -0.2) is 24.7 Å². The number of nitrogen functional groups attached to an aromatic ring is 1. The van der Waals surface area contributed by atoms with Crippen molar-refractivity contribution in [3.05, 3.63) is 47.7 Å². The number of aromatic nitrogens is 1. The summed E-state index contributed by atoms with van der Waals surface area (Å²) in [7, 11) is 0. The SMILES string of the molecule is Nc1cccc(Nc2ccc(CNCC3CCOCC3)c(C3CC3)n2)c1. The van der Waals surface area contributed by atoms with Crippen LogP contribution >= 0.6 is 0 Å². The Balaban J connectivity index is 1.40. The lowest BCUT2D eigenvalue weighted by Gasteiger charge is -2.22. The minimum atomic E-state index is 0.623. The molecule has 138 valence electrons. The predicted molar refractivity (Wildman–Crippen MR) is 106 cm³/mol. The second-order valence-electron chi connectivity index (χ2n) is 7.45. The molecule has 5 heteroatoms. The molecule has 1 saturated carbocycles. The molecule has 0 spiro atoms. The molecule has 0 unspecified atom stereocenters. The van der Waals surface area contributed by atoms with Crippen LogP contribution in [0.2, 0.25) is 0 Å². The summed E-state index contributed by atoms with van der Waals surface area (Å²) in [6, 6.07) is 12.1. The van der Waals surface area contributed by atoms with Gasteiger partial charge < -0.3 is 21.1 Å². The molecule has 4 rings (SSSR count). The molecule has 2 aliphatic rings. The Morgan fingerprint density at radius 1 is 1.08 bits per heavy atom. The Morgan fingerprint density at radius 2 is 1.92 bits per heavy atom. The molecule has 5 nitrogen and oxygen atoms in total. The molecule has 1 aliphatic heterocycles. The fraction of sp³-hybridized carbons (Fsp3) is 0.476. The van der Waals surface area contributed by atoms with Gasteiger partial charge in [0, 0.05) is 37.1 Å². The number of rotatable bonds is 7. The van der Waals surface area contributed by atoms with Crippen LogP contribution in [0, 0.1) is 5.92 Å². The van der Waals surface area contributed by atoms with Crippen molar-refractivity contribution in [1.82, 2.24) is 10.3 Å². The third-order valence-corrected chi connectivity index (χ3v) is 5.22. The summed E-state index contributed by atoms with van der Waals surface area (Å²) < 4.78 is 5.44. The number of pyridine rings is 1. The number of nitrogens with zero attached hydrogens (tertiary/aromatic N) is 1. The second-order valence-corrected chi connectivity index (χ2v) is 7.45. The van der Waals surface area contributed by atoms with E-state index < -0.39 is 0 Å². The van der Waals surface area contributed by atoms with Crippen molar-refractivity contribution in [3.63, 3.8) is 0 Å². The smallest absolute Gasteiger partial charge is 0.130 e. The molecule has 2 fully saturated rings. The summed E-state index contributed by atoms with van der Waals surface area (Å²) in [4.78, 5) is 4.91. The van der Waals surface area contributed by atoms with Crippen molar-refractivity contribution in [3.8, 4) is 0 Å². The van der Waals surface area contributed by atoms with Gasteiger partial charge >= 0.3 is 0 Å². The highest BCUT2D eigenvalue weighted by atomic mass is 16.5. The van der Waals surface area contributed by atoms with E-state index in [1.165, 1.54) is 36.9 Å². The molecule has 26 heavy (non-hydrogen) atoms. The lowest BCUT2D eigenvalue weighted by Crippen LogP contribution is -2.27. The van der Waals surface area contributed by atoms with Crippen LogP contribution in [0.15, 0.2) is 36.4 Å². The van der Waals surface area contributed by atoms with Crippen molar-refractivity contribution < 1.29 is 4.74 Å².